The second-order valence-electron chi connectivity index (χ2n) is 2.44. The molecule has 7 heavy (non-hydrogen) atoms. The lowest BCUT2D eigenvalue weighted by Gasteiger charge is -1.97. The molecule has 0 amide bonds. The van der Waals surface area contributed by atoms with Crippen LogP contribution in [0.25, 0.3) is 0 Å². The van der Waals surface area contributed by atoms with Crippen molar-refractivity contribution in [3.63, 3.8) is 0 Å². The molecule has 1 saturated heterocycles. The average molecular weight is 99.1 g/mol. The molecule has 0 spiro atoms. The zero-order chi connectivity index (χ0) is 4.85. The molecule has 2 nitrogen and oxygen atoms in total. The smallest absolute Gasteiger partial charge is 0.0709 e. The molecule has 0 radical (unpaired) electrons. The zero-order valence-corrected chi connectivity index (χ0v) is 4.09. The molecule has 3 atom stereocenters. The van der Waals surface area contributed by atoms with E-state index in [0.717, 1.165) is 6.42 Å². The quantitative estimate of drug-likeness (QED) is 0.401. The maximum Gasteiger partial charge on any atom is 0.0709 e. The summed E-state index contributed by atoms with van der Waals surface area (Å²) < 4.78 is 0. The number of aliphatic hydroxyl groups excluding tert-OH is 1. The first-order valence-electron chi connectivity index (χ1n) is 2.82. The topological polar surface area (TPSA) is 42.2 Å². The number of piperidine rings is 1. The summed E-state index contributed by atoms with van der Waals surface area (Å²) in [6, 6.07) is 1.18. The summed E-state index contributed by atoms with van der Waals surface area (Å²) in [5.41, 5.74) is 0. The van der Waals surface area contributed by atoms with Gasteiger partial charge in [-0.15, -0.1) is 0 Å². The Morgan fingerprint density at radius 1 is 1.43 bits per heavy atom. The van der Waals surface area contributed by atoms with Crippen molar-refractivity contribution in [3.8, 4) is 0 Å². The Kier molecular flexibility index (Phi) is 0.557. The summed E-state index contributed by atoms with van der Waals surface area (Å²) in [5, 5.41) is 12.1. The van der Waals surface area contributed by atoms with Gasteiger partial charge >= 0.3 is 0 Å². The van der Waals surface area contributed by atoms with Gasteiger partial charge in [0.05, 0.1) is 6.10 Å². The number of hydrogen-bond acceptors (Lipinski definition) is 2. The van der Waals surface area contributed by atoms with E-state index >= 15 is 0 Å². The molecular formula is C5H9NO. The van der Waals surface area contributed by atoms with E-state index in [1.807, 2.05) is 0 Å². The van der Waals surface area contributed by atoms with Gasteiger partial charge in [-0.05, 0) is 12.8 Å². The third-order valence-corrected chi connectivity index (χ3v) is 1.92. The molecule has 2 aliphatic rings. The molecule has 2 heteroatoms. The molecule has 0 aromatic heterocycles. The fourth-order valence-corrected chi connectivity index (χ4v) is 1.36. The van der Waals surface area contributed by atoms with Gasteiger partial charge < -0.3 is 10.4 Å². The van der Waals surface area contributed by atoms with Crippen molar-refractivity contribution in [1.82, 2.24) is 5.32 Å². The molecule has 0 unspecified atom stereocenters. The Morgan fingerprint density at radius 2 is 2.29 bits per heavy atom. The first-order chi connectivity index (χ1) is 3.38. The van der Waals surface area contributed by atoms with Crippen molar-refractivity contribution >= 4 is 0 Å². The average Bonchev–Trinajstić information content (AvgIpc) is 2.33. The van der Waals surface area contributed by atoms with Gasteiger partial charge in [-0.25, -0.2) is 0 Å². The minimum atomic E-state index is -0.0231. The minimum absolute atomic E-state index is 0.0231. The van der Waals surface area contributed by atoms with E-state index in [1.54, 1.807) is 0 Å². The zero-order valence-electron chi connectivity index (χ0n) is 4.09. The Bertz CT molecular complexity index is 94.1. The van der Waals surface area contributed by atoms with Gasteiger partial charge in [-0.1, -0.05) is 0 Å². The van der Waals surface area contributed by atoms with Crippen molar-refractivity contribution in [1.29, 1.82) is 0 Å². The van der Waals surface area contributed by atoms with Gasteiger partial charge in [-0.2, -0.15) is 0 Å². The molecule has 1 heterocycles. The molecule has 40 valence electrons. The Labute approximate surface area is 42.5 Å². The maximum absolute atomic E-state index is 8.98. The van der Waals surface area contributed by atoms with Crippen LogP contribution in [-0.2, 0) is 0 Å². The summed E-state index contributed by atoms with van der Waals surface area (Å²) in [6.07, 6.45) is 2.18. The fraction of sp³-hybridized carbons (Fsp3) is 1.00. The third kappa shape index (κ3) is 0.409. The van der Waals surface area contributed by atoms with Crippen molar-refractivity contribution in [2.24, 2.45) is 0 Å². The van der Waals surface area contributed by atoms with E-state index in [2.05, 4.69) is 5.32 Å². The van der Waals surface area contributed by atoms with Gasteiger partial charge in [0, 0.05) is 12.1 Å². The number of rotatable bonds is 0. The summed E-state index contributed by atoms with van der Waals surface area (Å²) in [4.78, 5) is 0. The van der Waals surface area contributed by atoms with Crippen LogP contribution in [0.5, 0.6) is 0 Å². The predicted molar refractivity (Wildman–Crippen MR) is 26.0 cm³/mol. The predicted octanol–water partition coefficient (Wildman–Crippen LogP) is -0.519. The summed E-state index contributed by atoms with van der Waals surface area (Å²) in [7, 11) is 0. The highest BCUT2D eigenvalue weighted by Gasteiger charge is 2.46. The first-order valence-corrected chi connectivity index (χ1v) is 2.82. The monoisotopic (exact) mass is 99.1 g/mol. The van der Waals surface area contributed by atoms with Crippen LogP contribution >= 0.6 is 0 Å². The first kappa shape index (κ1) is 3.87. The van der Waals surface area contributed by atoms with Crippen molar-refractivity contribution < 1.29 is 5.11 Å². The number of nitrogens with one attached hydrogen (secondary N) is 1. The molecule has 0 bridgehead atoms. The highest BCUT2D eigenvalue weighted by molar-refractivity contribution is 5.08. The van der Waals surface area contributed by atoms with E-state index in [0.29, 0.717) is 12.1 Å². The Hall–Kier alpha value is -0.0800. The molecule has 0 aromatic rings. The lowest BCUT2D eigenvalue weighted by atomic mass is 10.3. The lowest BCUT2D eigenvalue weighted by molar-refractivity contribution is 0.176. The minimum Gasteiger partial charge on any atom is -0.391 e. The number of aliphatic hydroxyl groups is 1. The normalized spacial score (nSPS) is 57.0. The molecule has 1 saturated carbocycles. The molecule has 2 fully saturated rings. The lowest BCUT2D eigenvalue weighted by Crippen LogP contribution is -2.12. The summed E-state index contributed by atoms with van der Waals surface area (Å²) in [5.74, 6) is 0. The van der Waals surface area contributed by atoms with Gasteiger partial charge in [0.1, 0.15) is 0 Å². The van der Waals surface area contributed by atoms with Crippen LogP contribution in [0.15, 0.2) is 0 Å². The van der Waals surface area contributed by atoms with Crippen LogP contribution < -0.4 is 5.32 Å². The fourth-order valence-electron chi connectivity index (χ4n) is 1.36. The van der Waals surface area contributed by atoms with Crippen LogP contribution in [0.1, 0.15) is 12.8 Å². The highest BCUT2D eigenvalue weighted by Crippen LogP contribution is 2.30. The van der Waals surface area contributed by atoms with Crippen LogP contribution in [0.2, 0.25) is 0 Å². The molecule has 2 N–H and O–H groups in total. The Balaban J connectivity index is 2.08. The van der Waals surface area contributed by atoms with Gasteiger partial charge in [0.15, 0.2) is 0 Å². The van der Waals surface area contributed by atoms with Crippen LogP contribution in [0, 0.1) is 0 Å². The van der Waals surface area contributed by atoms with Gasteiger partial charge in [0.25, 0.3) is 0 Å². The second kappa shape index (κ2) is 1.01. The van der Waals surface area contributed by atoms with Crippen LogP contribution in [0.3, 0.4) is 0 Å². The molecular weight excluding hydrogens is 90.1 g/mol. The van der Waals surface area contributed by atoms with Crippen molar-refractivity contribution in [2.45, 2.75) is 31.0 Å². The third-order valence-electron chi connectivity index (χ3n) is 1.92. The molecule has 1 aliphatic carbocycles. The van der Waals surface area contributed by atoms with Crippen LogP contribution in [-0.4, -0.2) is 23.3 Å². The van der Waals surface area contributed by atoms with E-state index in [4.69, 9.17) is 5.11 Å². The van der Waals surface area contributed by atoms with Gasteiger partial charge in [0.2, 0.25) is 0 Å². The Morgan fingerprint density at radius 3 is 2.43 bits per heavy atom. The second-order valence-corrected chi connectivity index (χ2v) is 2.44. The summed E-state index contributed by atoms with van der Waals surface area (Å²) in [6.45, 7) is 0. The van der Waals surface area contributed by atoms with Crippen molar-refractivity contribution in [2.75, 3.05) is 0 Å². The summed E-state index contributed by atoms with van der Waals surface area (Å²) >= 11 is 0. The van der Waals surface area contributed by atoms with Crippen molar-refractivity contribution in [3.05, 3.63) is 0 Å². The van der Waals surface area contributed by atoms with E-state index in [9.17, 15) is 0 Å². The van der Waals surface area contributed by atoms with E-state index in [1.165, 1.54) is 6.42 Å². The maximum atomic E-state index is 8.98. The SMILES string of the molecule is O[C@@H]1CC[C@H]2N[C@@H]12. The molecule has 2 rings (SSSR count). The molecule has 1 aliphatic heterocycles. The highest BCUT2D eigenvalue weighted by atomic mass is 16.3. The standard InChI is InChI=1S/C5H9NO/c7-4-2-1-3-5(4)6-3/h3-7H,1-2H2/t3-,4-,5-/m1/s1. The number of hydrogen-bond donors (Lipinski definition) is 2. The van der Waals surface area contributed by atoms with E-state index in [-0.39, 0.29) is 6.10 Å². The molecule has 0 aromatic carbocycles. The van der Waals surface area contributed by atoms with Crippen LogP contribution in [0.4, 0.5) is 0 Å². The van der Waals surface area contributed by atoms with E-state index < -0.39 is 0 Å². The van der Waals surface area contributed by atoms with Gasteiger partial charge in [-0.3, -0.25) is 0 Å². The largest absolute Gasteiger partial charge is 0.391 e. The number of fused-ring (bicyclic) bond motifs is 1.